The molecule has 0 radical (unpaired) electrons. The predicted octanol–water partition coefficient (Wildman–Crippen LogP) is 2.97. The van der Waals surface area contributed by atoms with E-state index in [1.807, 2.05) is 7.05 Å². The van der Waals surface area contributed by atoms with E-state index in [0.717, 1.165) is 18.0 Å². The fourth-order valence-electron chi connectivity index (χ4n) is 3.29. The molecule has 1 aromatic carbocycles. The molecule has 0 spiro atoms. The van der Waals surface area contributed by atoms with E-state index >= 15 is 0 Å². The molecule has 134 valence electrons. The molecule has 6 heteroatoms. The minimum atomic E-state index is -0.223. The number of hydrogen-bond acceptors (Lipinski definition) is 3. The molecule has 2 aromatic rings. The quantitative estimate of drug-likeness (QED) is 0.879. The molecule has 1 aliphatic rings. The van der Waals surface area contributed by atoms with Gasteiger partial charge in [0.15, 0.2) is 0 Å². The van der Waals surface area contributed by atoms with Gasteiger partial charge in [0.05, 0.1) is 11.9 Å². The smallest absolute Gasteiger partial charge is 0.319 e. The topological polar surface area (TPSA) is 62.2 Å². The molecule has 25 heavy (non-hydrogen) atoms. The number of aryl methyl sites for hydroxylation is 1. The monoisotopic (exact) mass is 341 g/mol. The summed E-state index contributed by atoms with van der Waals surface area (Å²) in [6, 6.07) is 8.28. The van der Waals surface area contributed by atoms with Crippen molar-refractivity contribution in [3.63, 3.8) is 0 Å². The number of carbonyl (C=O) groups is 1. The molecule has 1 aliphatic heterocycles. The summed E-state index contributed by atoms with van der Waals surface area (Å²) in [5.41, 5.74) is 3.11. The number of hydrogen-bond donors (Lipinski definition) is 2. The maximum atomic E-state index is 11.9. The second-order valence-corrected chi connectivity index (χ2v) is 7.01. The van der Waals surface area contributed by atoms with Crippen LogP contribution in [0.2, 0.25) is 0 Å². The molecule has 1 atom stereocenters. The van der Waals surface area contributed by atoms with E-state index < -0.39 is 0 Å². The number of piperidine rings is 1. The number of likely N-dealkylation sites (tertiary alicyclic amines) is 1. The summed E-state index contributed by atoms with van der Waals surface area (Å²) in [5.74, 6) is 0.801. The van der Waals surface area contributed by atoms with Crippen molar-refractivity contribution in [3.05, 3.63) is 47.8 Å². The Hall–Kier alpha value is -2.34. The third kappa shape index (κ3) is 5.32. The molecule has 0 aliphatic carbocycles. The van der Waals surface area contributed by atoms with Gasteiger partial charge in [0, 0.05) is 32.9 Å². The van der Waals surface area contributed by atoms with Gasteiger partial charge in [-0.2, -0.15) is 5.10 Å². The zero-order chi connectivity index (χ0) is 17.6. The lowest BCUT2D eigenvalue weighted by Gasteiger charge is -2.30. The van der Waals surface area contributed by atoms with Crippen molar-refractivity contribution < 1.29 is 4.79 Å². The number of anilines is 1. The van der Waals surface area contributed by atoms with E-state index in [1.165, 1.54) is 31.5 Å². The Kier molecular flexibility index (Phi) is 5.71. The Morgan fingerprint density at radius 3 is 2.72 bits per heavy atom. The first kappa shape index (κ1) is 17.5. The summed E-state index contributed by atoms with van der Waals surface area (Å²) in [6.45, 7) is 6.24. The Morgan fingerprint density at radius 1 is 1.28 bits per heavy atom. The van der Waals surface area contributed by atoms with Gasteiger partial charge in [-0.1, -0.05) is 31.2 Å². The number of rotatable bonds is 5. The summed E-state index contributed by atoms with van der Waals surface area (Å²) in [4.78, 5) is 14.4. The van der Waals surface area contributed by atoms with Crippen LogP contribution in [0.15, 0.2) is 36.7 Å². The highest BCUT2D eigenvalue weighted by molar-refractivity contribution is 5.88. The van der Waals surface area contributed by atoms with Gasteiger partial charge in [0.1, 0.15) is 0 Å². The lowest BCUT2D eigenvalue weighted by molar-refractivity contribution is 0.176. The Bertz CT molecular complexity index is 694. The predicted molar refractivity (Wildman–Crippen MR) is 99.2 cm³/mol. The van der Waals surface area contributed by atoms with Crippen LogP contribution in [-0.4, -0.2) is 33.8 Å². The summed E-state index contributed by atoms with van der Waals surface area (Å²) in [7, 11) is 1.81. The van der Waals surface area contributed by atoms with E-state index in [4.69, 9.17) is 0 Å². The highest BCUT2D eigenvalue weighted by Gasteiger charge is 2.16. The summed E-state index contributed by atoms with van der Waals surface area (Å²) >= 11 is 0. The Morgan fingerprint density at radius 2 is 2.04 bits per heavy atom. The zero-order valence-electron chi connectivity index (χ0n) is 15.0. The minimum Gasteiger partial charge on any atom is -0.334 e. The average Bonchev–Trinajstić information content (AvgIpc) is 2.99. The number of nitrogens with zero attached hydrogens (tertiary/aromatic N) is 3. The van der Waals surface area contributed by atoms with Gasteiger partial charge in [-0.15, -0.1) is 0 Å². The first-order valence-corrected chi connectivity index (χ1v) is 8.92. The lowest BCUT2D eigenvalue weighted by Crippen LogP contribution is -2.33. The fourth-order valence-corrected chi connectivity index (χ4v) is 3.29. The van der Waals surface area contributed by atoms with Gasteiger partial charge in [-0.25, -0.2) is 4.79 Å². The van der Waals surface area contributed by atoms with Crippen LogP contribution < -0.4 is 10.6 Å². The molecule has 0 saturated carbocycles. The summed E-state index contributed by atoms with van der Waals surface area (Å²) in [5, 5.41) is 9.65. The molecular formula is C19H27N5O. The van der Waals surface area contributed by atoms with Gasteiger partial charge >= 0.3 is 6.03 Å². The fraction of sp³-hybridized carbons (Fsp3) is 0.474. The number of benzene rings is 1. The number of amides is 2. The maximum Gasteiger partial charge on any atom is 0.319 e. The van der Waals surface area contributed by atoms with Crippen LogP contribution in [0.4, 0.5) is 10.5 Å². The van der Waals surface area contributed by atoms with E-state index in [1.54, 1.807) is 17.1 Å². The first-order chi connectivity index (χ1) is 12.1. The van der Waals surface area contributed by atoms with Crippen LogP contribution in [0.5, 0.6) is 0 Å². The molecule has 2 amide bonds. The normalized spacial score (nSPS) is 18.1. The SMILES string of the molecule is C[C@H]1CCCN(Cc2ccc(CNC(=O)Nc3cnn(C)c3)cc2)C1. The van der Waals surface area contributed by atoms with Crippen molar-refractivity contribution in [2.24, 2.45) is 13.0 Å². The number of carbonyl (C=O) groups excluding carboxylic acids is 1. The van der Waals surface area contributed by atoms with Crippen molar-refractivity contribution in [1.82, 2.24) is 20.0 Å². The van der Waals surface area contributed by atoms with Gasteiger partial charge < -0.3 is 10.6 Å². The van der Waals surface area contributed by atoms with E-state index in [2.05, 4.69) is 51.8 Å². The maximum absolute atomic E-state index is 11.9. The van der Waals surface area contributed by atoms with Crippen LogP contribution in [-0.2, 0) is 20.1 Å². The van der Waals surface area contributed by atoms with Gasteiger partial charge in [0.25, 0.3) is 0 Å². The number of nitrogens with one attached hydrogen (secondary N) is 2. The molecule has 2 N–H and O–H groups in total. The van der Waals surface area contributed by atoms with Gasteiger partial charge in [-0.3, -0.25) is 9.58 Å². The third-order valence-electron chi connectivity index (χ3n) is 4.59. The summed E-state index contributed by atoms with van der Waals surface area (Å²) in [6.07, 6.45) is 6.03. The second-order valence-electron chi connectivity index (χ2n) is 7.01. The van der Waals surface area contributed by atoms with Crippen LogP contribution >= 0.6 is 0 Å². The third-order valence-corrected chi connectivity index (χ3v) is 4.59. The lowest BCUT2D eigenvalue weighted by atomic mass is 9.99. The molecular weight excluding hydrogens is 314 g/mol. The van der Waals surface area contributed by atoms with Crippen LogP contribution in [0, 0.1) is 5.92 Å². The van der Waals surface area contributed by atoms with Crippen molar-refractivity contribution >= 4 is 11.7 Å². The molecule has 1 aromatic heterocycles. The highest BCUT2D eigenvalue weighted by Crippen LogP contribution is 2.18. The first-order valence-electron chi connectivity index (χ1n) is 8.92. The molecule has 0 bridgehead atoms. The minimum absolute atomic E-state index is 0.223. The van der Waals surface area contributed by atoms with Crippen LogP contribution in [0.25, 0.3) is 0 Å². The van der Waals surface area contributed by atoms with Crippen molar-refractivity contribution in [2.75, 3.05) is 18.4 Å². The molecule has 3 rings (SSSR count). The van der Waals surface area contributed by atoms with E-state index in [9.17, 15) is 4.79 Å². The van der Waals surface area contributed by atoms with Crippen molar-refractivity contribution in [1.29, 1.82) is 0 Å². The van der Waals surface area contributed by atoms with Gasteiger partial charge in [0.2, 0.25) is 0 Å². The van der Waals surface area contributed by atoms with Crippen molar-refractivity contribution in [2.45, 2.75) is 32.9 Å². The van der Waals surface area contributed by atoms with Crippen LogP contribution in [0.1, 0.15) is 30.9 Å². The number of aromatic nitrogens is 2. The molecule has 2 heterocycles. The largest absolute Gasteiger partial charge is 0.334 e. The average molecular weight is 341 g/mol. The standard InChI is InChI=1S/C19H27N5O/c1-15-4-3-9-24(12-15)13-17-7-5-16(6-8-17)10-20-19(25)22-18-11-21-23(2)14-18/h5-8,11,14-15H,3-4,9-10,12-13H2,1-2H3,(H2,20,22,25)/t15-/m0/s1. The van der Waals surface area contributed by atoms with Crippen LogP contribution in [0.3, 0.4) is 0 Å². The van der Waals surface area contributed by atoms with Crippen molar-refractivity contribution in [3.8, 4) is 0 Å². The van der Waals surface area contributed by atoms with E-state index in [-0.39, 0.29) is 6.03 Å². The Balaban J connectivity index is 1.45. The zero-order valence-corrected chi connectivity index (χ0v) is 15.0. The highest BCUT2D eigenvalue weighted by atomic mass is 16.2. The molecule has 1 fully saturated rings. The van der Waals surface area contributed by atoms with E-state index in [0.29, 0.717) is 12.2 Å². The summed E-state index contributed by atoms with van der Waals surface area (Å²) < 4.78 is 1.65. The molecule has 1 saturated heterocycles. The second kappa shape index (κ2) is 8.16. The molecule has 6 nitrogen and oxygen atoms in total. The number of urea groups is 1. The molecule has 0 unspecified atom stereocenters. The Labute approximate surface area is 149 Å². The van der Waals surface area contributed by atoms with Gasteiger partial charge in [-0.05, 0) is 36.4 Å².